The maximum Gasteiger partial charge on any atom is 0.307 e. The number of nitrogens with one attached hydrogen (secondary N) is 1. The molecule has 0 spiro atoms. The van der Waals surface area contributed by atoms with Crippen molar-refractivity contribution >= 4 is 5.97 Å². The average molecular weight is 267 g/mol. The van der Waals surface area contributed by atoms with Crippen LogP contribution in [-0.2, 0) is 28.5 Å². The molecule has 0 amide bonds. The first-order valence-electron chi connectivity index (χ1n) is 6.74. The van der Waals surface area contributed by atoms with E-state index in [2.05, 4.69) is 31.2 Å². The monoisotopic (exact) mass is 267 g/mol. The fourth-order valence-electron chi connectivity index (χ4n) is 1.95. The lowest BCUT2D eigenvalue weighted by Gasteiger charge is -2.17. The van der Waals surface area contributed by atoms with Crippen LogP contribution in [-0.4, -0.2) is 28.9 Å². The van der Waals surface area contributed by atoms with Crippen LogP contribution >= 0.6 is 0 Å². The summed E-state index contributed by atoms with van der Waals surface area (Å²) in [7, 11) is 1.93. The number of rotatable bonds is 6. The zero-order valence-electron chi connectivity index (χ0n) is 12.6. The minimum Gasteiger partial charge on any atom is -0.466 e. The van der Waals surface area contributed by atoms with Crippen LogP contribution in [0.2, 0.25) is 0 Å². The van der Waals surface area contributed by atoms with Gasteiger partial charge in [0.2, 0.25) is 0 Å². The van der Waals surface area contributed by atoms with Gasteiger partial charge < -0.3 is 10.1 Å². The Morgan fingerprint density at radius 1 is 1.47 bits per heavy atom. The number of ether oxygens (including phenoxy) is 1. The van der Waals surface area contributed by atoms with Gasteiger partial charge in [0.1, 0.15) is 0 Å². The number of carbonyl (C=O) groups excluding carboxylic acids is 1. The second-order valence-corrected chi connectivity index (χ2v) is 5.66. The van der Waals surface area contributed by atoms with Crippen molar-refractivity contribution in [1.29, 1.82) is 0 Å². The third kappa shape index (κ3) is 5.03. The van der Waals surface area contributed by atoms with Crippen LogP contribution in [0.1, 0.15) is 45.4 Å². The molecule has 0 radical (unpaired) electrons. The van der Waals surface area contributed by atoms with Crippen molar-refractivity contribution in [3.8, 4) is 0 Å². The largest absolute Gasteiger partial charge is 0.466 e. The molecule has 0 atom stereocenters. The molecule has 1 N–H and O–H groups in total. The summed E-state index contributed by atoms with van der Waals surface area (Å²) in [6.45, 7) is 10.1. The van der Waals surface area contributed by atoms with Crippen molar-refractivity contribution in [1.82, 2.24) is 15.1 Å². The van der Waals surface area contributed by atoms with Crippen LogP contribution in [0, 0.1) is 0 Å². The van der Waals surface area contributed by atoms with Crippen LogP contribution in [0.15, 0.2) is 6.20 Å². The maximum absolute atomic E-state index is 11.2. The molecule has 0 saturated carbocycles. The van der Waals surface area contributed by atoms with E-state index in [1.807, 2.05) is 24.9 Å². The first-order chi connectivity index (χ1) is 8.84. The SMILES string of the molecule is CCOC(=O)CCNCc1cn(C)nc1C(C)(C)C. The van der Waals surface area contributed by atoms with E-state index in [4.69, 9.17) is 4.74 Å². The summed E-state index contributed by atoms with van der Waals surface area (Å²) in [5, 5.41) is 7.77. The number of aryl methyl sites for hydroxylation is 1. The van der Waals surface area contributed by atoms with Gasteiger partial charge in [-0.2, -0.15) is 5.10 Å². The molecule has 1 rings (SSSR count). The Hall–Kier alpha value is -1.36. The lowest BCUT2D eigenvalue weighted by Crippen LogP contribution is -2.21. The van der Waals surface area contributed by atoms with Crippen LogP contribution in [0.3, 0.4) is 0 Å². The topological polar surface area (TPSA) is 56.1 Å². The highest BCUT2D eigenvalue weighted by Gasteiger charge is 2.21. The summed E-state index contributed by atoms with van der Waals surface area (Å²) in [4.78, 5) is 11.2. The number of hydrogen-bond acceptors (Lipinski definition) is 4. The summed E-state index contributed by atoms with van der Waals surface area (Å²) >= 11 is 0. The lowest BCUT2D eigenvalue weighted by molar-refractivity contribution is -0.142. The Morgan fingerprint density at radius 2 is 2.16 bits per heavy atom. The van der Waals surface area contributed by atoms with E-state index in [1.54, 1.807) is 0 Å². The molecule has 5 nitrogen and oxygen atoms in total. The second kappa shape index (κ2) is 6.70. The van der Waals surface area contributed by atoms with Gasteiger partial charge in [-0.25, -0.2) is 0 Å². The molecule has 1 aromatic heterocycles. The molecule has 5 heteroatoms. The number of carbonyl (C=O) groups is 1. The molecule has 0 unspecified atom stereocenters. The molecule has 19 heavy (non-hydrogen) atoms. The Labute approximate surface area is 115 Å². The summed E-state index contributed by atoms with van der Waals surface area (Å²) in [5.41, 5.74) is 2.30. The summed E-state index contributed by atoms with van der Waals surface area (Å²) < 4.78 is 6.72. The van der Waals surface area contributed by atoms with E-state index in [9.17, 15) is 4.79 Å². The smallest absolute Gasteiger partial charge is 0.307 e. The minimum atomic E-state index is -0.155. The first kappa shape index (κ1) is 15.7. The van der Waals surface area contributed by atoms with Gasteiger partial charge in [-0.05, 0) is 6.92 Å². The number of hydrogen-bond donors (Lipinski definition) is 1. The summed E-state index contributed by atoms with van der Waals surface area (Å²) in [5.74, 6) is -0.155. The maximum atomic E-state index is 11.2. The van der Waals surface area contributed by atoms with Crippen molar-refractivity contribution in [3.05, 3.63) is 17.5 Å². The Balaban J connectivity index is 2.48. The second-order valence-electron chi connectivity index (χ2n) is 5.66. The van der Waals surface area contributed by atoms with Crippen LogP contribution in [0.4, 0.5) is 0 Å². The molecule has 1 aromatic rings. The molecule has 0 aliphatic rings. The lowest BCUT2D eigenvalue weighted by atomic mass is 9.89. The molecule has 0 fully saturated rings. The van der Waals surface area contributed by atoms with Crippen LogP contribution in [0.25, 0.3) is 0 Å². The normalized spacial score (nSPS) is 11.6. The molecule has 0 aromatic carbocycles. The highest BCUT2D eigenvalue weighted by molar-refractivity contribution is 5.69. The van der Waals surface area contributed by atoms with Gasteiger partial charge in [0.25, 0.3) is 0 Å². The number of esters is 1. The molecular weight excluding hydrogens is 242 g/mol. The van der Waals surface area contributed by atoms with E-state index < -0.39 is 0 Å². The quantitative estimate of drug-likeness (QED) is 0.630. The van der Waals surface area contributed by atoms with Gasteiger partial charge in [-0.15, -0.1) is 0 Å². The number of nitrogens with zero attached hydrogens (tertiary/aromatic N) is 2. The predicted molar refractivity (Wildman–Crippen MR) is 74.9 cm³/mol. The molecule has 1 heterocycles. The first-order valence-corrected chi connectivity index (χ1v) is 6.74. The van der Waals surface area contributed by atoms with E-state index in [-0.39, 0.29) is 11.4 Å². The molecule has 0 aliphatic carbocycles. The molecule has 108 valence electrons. The van der Waals surface area contributed by atoms with Crippen molar-refractivity contribution in [2.45, 2.75) is 46.1 Å². The highest BCUT2D eigenvalue weighted by Crippen LogP contribution is 2.23. The fourth-order valence-corrected chi connectivity index (χ4v) is 1.95. The molecule has 0 aliphatic heterocycles. The minimum absolute atomic E-state index is 0.0272. The van der Waals surface area contributed by atoms with Gasteiger partial charge in [0.15, 0.2) is 0 Å². The van der Waals surface area contributed by atoms with Crippen molar-refractivity contribution in [3.63, 3.8) is 0 Å². The standard InChI is InChI=1S/C14H25N3O2/c1-6-19-12(18)7-8-15-9-11-10-17(5)16-13(11)14(2,3)4/h10,15H,6-9H2,1-5H3. The van der Waals surface area contributed by atoms with E-state index in [1.165, 1.54) is 5.56 Å². The van der Waals surface area contributed by atoms with Gasteiger partial charge in [-0.3, -0.25) is 9.48 Å². The van der Waals surface area contributed by atoms with Gasteiger partial charge in [-0.1, -0.05) is 20.8 Å². The number of aromatic nitrogens is 2. The average Bonchev–Trinajstić information content (AvgIpc) is 2.66. The van der Waals surface area contributed by atoms with Crippen molar-refractivity contribution in [2.75, 3.05) is 13.2 Å². The molecule has 0 bridgehead atoms. The Kier molecular flexibility index (Phi) is 5.54. The fraction of sp³-hybridized carbons (Fsp3) is 0.714. The van der Waals surface area contributed by atoms with Crippen LogP contribution < -0.4 is 5.32 Å². The zero-order valence-corrected chi connectivity index (χ0v) is 12.6. The third-order valence-corrected chi connectivity index (χ3v) is 2.74. The predicted octanol–water partition coefficient (Wildman–Crippen LogP) is 1.76. The Morgan fingerprint density at radius 3 is 2.74 bits per heavy atom. The third-order valence-electron chi connectivity index (χ3n) is 2.74. The highest BCUT2D eigenvalue weighted by atomic mass is 16.5. The molecule has 0 saturated heterocycles. The zero-order chi connectivity index (χ0) is 14.5. The van der Waals surface area contributed by atoms with Crippen molar-refractivity contribution < 1.29 is 9.53 Å². The van der Waals surface area contributed by atoms with Crippen LogP contribution in [0.5, 0.6) is 0 Å². The van der Waals surface area contributed by atoms with E-state index >= 15 is 0 Å². The Bertz CT molecular complexity index is 419. The van der Waals surface area contributed by atoms with Gasteiger partial charge in [0, 0.05) is 37.3 Å². The summed E-state index contributed by atoms with van der Waals surface area (Å²) in [6, 6.07) is 0. The van der Waals surface area contributed by atoms with E-state index in [0.29, 0.717) is 19.6 Å². The van der Waals surface area contributed by atoms with Gasteiger partial charge in [0.05, 0.1) is 18.7 Å². The summed E-state index contributed by atoms with van der Waals surface area (Å²) in [6.07, 6.45) is 2.43. The van der Waals surface area contributed by atoms with E-state index in [0.717, 1.165) is 12.2 Å². The molecular formula is C14H25N3O2. The van der Waals surface area contributed by atoms with Crippen molar-refractivity contribution in [2.24, 2.45) is 7.05 Å². The van der Waals surface area contributed by atoms with Gasteiger partial charge >= 0.3 is 5.97 Å².